The molecule has 1 aliphatic heterocycles. The fourth-order valence-electron chi connectivity index (χ4n) is 4.80. The number of rotatable bonds is 6. The van der Waals surface area contributed by atoms with Crippen LogP contribution in [0.2, 0.25) is 0 Å². The number of carbonyl (C=O) groups excluding carboxylic acids is 3. The lowest BCUT2D eigenvalue weighted by Crippen LogP contribution is -2.42. The molecule has 0 saturated carbocycles. The summed E-state index contributed by atoms with van der Waals surface area (Å²) < 4.78 is 6.63. The minimum atomic E-state index is -0.842. The highest BCUT2D eigenvalue weighted by atomic mass is 16.5. The summed E-state index contributed by atoms with van der Waals surface area (Å²) in [6, 6.07) is 17.3. The first kappa shape index (κ1) is 25.7. The lowest BCUT2D eigenvalue weighted by atomic mass is 10.0. The van der Waals surface area contributed by atoms with Crippen molar-refractivity contribution in [1.29, 1.82) is 0 Å². The predicted molar refractivity (Wildman–Crippen MR) is 145 cm³/mol. The van der Waals surface area contributed by atoms with Crippen LogP contribution in [0.5, 0.6) is 0 Å². The van der Waals surface area contributed by atoms with Crippen LogP contribution in [0.3, 0.4) is 0 Å². The molecule has 1 saturated heterocycles. The zero-order chi connectivity index (χ0) is 27.5. The summed E-state index contributed by atoms with van der Waals surface area (Å²) >= 11 is 0. The fraction of sp³-hybridized carbons (Fsp3) is 0.207. The van der Waals surface area contributed by atoms with Gasteiger partial charge in [0.05, 0.1) is 18.9 Å². The molecule has 1 fully saturated rings. The van der Waals surface area contributed by atoms with Gasteiger partial charge < -0.3 is 20.7 Å². The Morgan fingerprint density at radius 2 is 1.74 bits per heavy atom. The molecular weight excluding hydrogens is 496 g/mol. The molecule has 3 heterocycles. The van der Waals surface area contributed by atoms with Gasteiger partial charge in [-0.15, -0.1) is 0 Å². The van der Waals surface area contributed by atoms with Crippen LogP contribution in [0, 0.1) is 0 Å². The number of ether oxygens (including phenoxy) is 1. The molecular formula is C29H28N6O4. The highest BCUT2D eigenvalue weighted by Crippen LogP contribution is 2.26. The number of nitrogens with one attached hydrogen (secondary N) is 1. The normalized spacial score (nSPS) is 16.6. The number of aromatic nitrogens is 3. The second-order valence-electron chi connectivity index (χ2n) is 9.41. The van der Waals surface area contributed by atoms with E-state index in [0.717, 1.165) is 16.7 Å². The molecule has 3 N–H and O–H groups in total. The maximum Gasteiger partial charge on any atom is 0.328 e. The van der Waals surface area contributed by atoms with Crippen molar-refractivity contribution in [3.63, 3.8) is 0 Å². The van der Waals surface area contributed by atoms with Gasteiger partial charge in [0.2, 0.25) is 0 Å². The third-order valence-electron chi connectivity index (χ3n) is 6.79. The summed E-state index contributed by atoms with van der Waals surface area (Å²) in [6.07, 6.45) is 5.26. The number of pyridine rings is 1. The van der Waals surface area contributed by atoms with Crippen molar-refractivity contribution in [2.75, 3.05) is 19.4 Å². The van der Waals surface area contributed by atoms with Crippen molar-refractivity contribution >= 4 is 23.6 Å². The number of nitrogens with zero attached hydrogens (tertiary/aromatic N) is 4. The number of carbonyl (C=O) groups is 3. The van der Waals surface area contributed by atoms with E-state index in [1.807, 2.05) is 48.7 Å². The minimum absolute atomic E-state index is 0.0771. The largest absolute Gasteiger partial charge is 0.467 e. The molecule has 198 valence electrons. The Morgan fingerprint density at radius 3 is 2.46 bits per heavy atom. The van der Waals surface area contributed by atoms with E-state index in [-0.39, 0.29) is 30.3 Å². The molecule has 10 heteroatoms. The molecule has 39 heavy (non-hydrogen) atoms. The summed E-state index contributed by atoms with van der Waals surface area (Å²) in [5.41, 5.74) is 10.0. The van der Waals surface area contributed by atoms with Crippen LogP contribution in [0.1, 0.15) is 27.1 Å². The molecule has 0 unspecified atom stereocenters. The first-order valence-electron chi connectivity index (χ1n) is 12.4. The number of likely N-dealkylation sites (tertiary alicyclic amines) is 1. The number of benzene rings is 2. The van der Waals surface area contributed by atoms with Crippen molar-refractivity contribution in [2.24, 2.45) is 7.05 Å². The van der Waals surface area contributed by atoms with E-state index >= 15 is 0 Å². The zero-order valence-electron chi connectivity index (χ0n) is 21.6. The van der Waals surface area contributed by atoms with Crippen molar-refractivity contribution in [2.45, 2.75) is 18.5 Å². The van der Waals surface area contributed by atoms with E-state index < -0.39 is 24.0 Å². The van der Waals surface area contributed by atoms with Gasteiger partial charge in [0.15, 0.2) is 0 Å². The van der Waals surface area contributed by atoms with Crippen LogP contribution < -0.4 is 11.1 Å². The Bertz CT molecular complexity index is 1530. The van der Waals surface area contributed by atoms with E-state index in [4.69, 9.17) is 10.5 Å². The summed E-state index contributed by atoms with van der Waals surface area (Å²) in [4.78, 5) is 45.1. The average Bonchev–Trinajstić information content (AvgIpc) is 3.59. The lowest BCUT2D eigenvalue weighted by Gasteiger charge is -2.23. The van der Waals surface area contributed by atoms with Gasteiger partial charge in [0, 0.05) is 55.1 Å². The summed E-state index contributed by atoms with van der Waals surface area (Å²) in [5, 5.41) is 7.08. The van der Waals surface area contributed by atoms with E-state index in [2.05, 4.69) is 15.4 Å². The van der Waals surface area contributed by atoms with Crippen LogP contribution in [0.4, 0.5) is 5.82 Å². The number of hydrogen-bond donors (Lipinski definition) is 2. The van der Waals surface area contributed by atoms with Crippen molar-refractivity contribution in [3.8, 4) is 22.3 Å². The molecule has 0 aliphatic carbocycles. The molecule has 1 aliphatic rings. The highest BCUT2D eigenvalue weighted by molar-refractivity contribution is 6.00. The number of methoxy groups -OCH3 is 1. The van der Waals surface area contributed by atoms with Gasteiger partial charge in [-0.3, -0.25) is 14.3 Å². The summed E-state index contributed by atoms with van der Waals surface area (Å²) in [6.45, 7) is 0.134. The Morgan fingerprint density at radius 1 is 0.974 bits per heavy atom. The number of esters is 1. The molecule has 2 atom stereocenters. The van der Waals surface area contributed by atoms with Crippen LogP contribution >= 0.6 is 0 Å². The Labute approximate surface area is 225 Å². The number of nitrogens with two attached hydrogens (primary N) is 1. The molecule has 0 spiro atoms. The van der Waals surface area contributed by atoms with Gasteiger partial charge in [0.25, 0.3) is 11.8 Å². The Balaban J connectivity index is 1.36. The summed E-state index contributed by atoms with van der Waals surface area (Å²) in [7, 11) is 3.08. The predicted octanol–water partition coefficient (Wildman–Crippen LogP) is 2.92. The third kappa shape index (κ3) is 5.35. The zero-order valence-corrected chi connectivity index (χ0v) is 21.6. The van der Waals surface area contributed by atoms with Crippen molar-refractivity contribution in [3.05, 3.63) is 90.4 Å². The number of anilines is 1. The van der Waals surface area contributed by atoms with Gasteiger partial charge in [-0.25, -0.2) is 9.78 Å². The quantitative estimate of drug-likeness (QED) is 0.371. The van der Waals surface area contributed by atoms with E-state index in [1.54, 1.807) is 42.3 Å². The SMILES string of the molecule is COC(=O)[C@H]1C[C@@H](NC(=O)c2cc(-c3cnn(C)c3)cnc2N)CN1C(=O)c1cccc(-c2ccccc2)c1. The standard InChI is InChI=1S/C29H28N6O4/c1-34-16-22(15-32-34)21-12-24(26(30)31-14-21)27(36)33-23-13-25(29(38)39-2)35(17-23)28(37)20-10-6-9-19(11-20)18-7-4-3-5-8-18/h3-12,14-16,23,25H,13,17H2,1-2H3,(H2,30,31)(H,33,36)/t23-,25-/m1/s1. The maximum atomic E-state index is 13.6. The molecule has 2 aromatic heterocycles. The van der Waals surface area contributed by atoms with Gasteiger partial charge >= 0.3 is 5.97 Å². The first-order chi connectivity index (χ1) is 18.8. The van der Waals surface area contributed by atoms with Crippen LogP contribution in [0.25, 0.3) is 22.3 Å². The van der Waals surface area contributed by atoms with Crippen molar-refractivity contribution in [1.82, 2.24) is 25.0 Å². The Kier molecular flexibility index (Phi) is 7.09. The second-order valence-corrected chi connectivity index (χ2v) is 9.41. The first-order valence-corrected chi connectivity index (χ1v) is 12.4. The number of hydrogen-bond acceptors (Lipinski definition) is 7. The van der Waals surface area contributed by atoms with E-state index in [9.17, 15) is 14.4 Å². The van der Waals surface area contributed by atoms with Crippen LogP contribution in [-0.4, -0.2) is 63.2 Å². The molecule has 4 aromatic rings. The van der Waals surface area contributed by atoms with Crippen molar-refractivity contribution < 1.29 is 19.1 Å². The van der Waals surface area contributed by atoms with E-state index in [0.29, 0.717) is 11.1 Å². The van der Waals surface area contributed by atoms with E-state index in [1.165, 1.54) is 12.0 Å². The third-order valence-corrected chi connectivity index (χ3v) is 6.79. The lowest BCUT2D eigenvalue weighted by molar-refractivity contribution is -0.145. The average molecular weight is 525 g/mol. The Hall–Kier alpha value is -4.99. The fourth-order valence-corrected chi connectivity index (χ4v) is 4.80. The molecule has 10 nitrogen and oxygen atoms in total. The minimum Gasteiger partial charge on any atom is -0.467 e. The van der Waals surface area contributed by atoms with Crippen LogP contribution in [0.15, 0.2) is 79.3 Å². The number of amides is 2. The van der Waals surface area contributed by atoms with Gasteiger partial charge in [-0.05, 0) is 29.3 Å². The van der Waals surface area contributed by atoms with Gasteiger partial charge in [-0.2, -0.15) is 5.10 Å². The molecule has 2 amide bonds. The topological polar surface area (TPSA) is 132 Å². The number of nitrogen functional groups attached to an aromatic ring is 1. The monoisotopic (exact) mass is 524 g/mol. The second kappa shape index (κ2) is 10.8. The van der Waals surface area contributed by atoms with Gasteiger partial charge in [0.1, 0.15) is 11.9 Å². The number of aryl methyl sites for hydroxylation is 1. The van der Waals surface area contributed by atoms with Crippen LogP contribution in [-0.2, 0) is 16.6 Å². The smallest absolute Gasteiger partial charge is 0.328 e. The molecule has 2 aromatic carbocycles. The highest BCUT2D eigenvalue weighted by Gasteiger charge is 2.41. The summed E-state index contributed by atoms with van der Waals surface area (Å²) in [5.74, 6) is -1.23. The van der Waals surface area contributed by atoms with Gasteiger partial charge in [-0.1, -0.05) is 42.5 Å². The molecule has 0 radical (unpaired) electrons. The maximum absolute atomic E-state index is 13.6. The molecule has 5 rings (SSSR count). The molecule has 0 bridgehead atoms.